The molecule has 0 spiro atoms. The topological polar surface area (TPSA) is 46.3 Å². The van der Waals surface area contributed by atoms with Gasteiger partial charge >= 0.3 is 0 Å². The van der Waals surface area contributed by atoms with E-state index in [1.54, 1.807) is 11.3 Å². The van der Waals surface area contributed by atoms with Crippen LogP contribution >= 0.6 is 27.3 Å². The van der Waals surface area contributed by atoms with Gasteiger partial charge in [-0.3, -0.25) is 4.79 Å². The van der Waals surface area contributed by atoms with Crippen LogP contribution in [0.4, 0.5) is 5.69 Å². The first-order valence-electron chi connectivity index (χ1n) is 6.45. The van der Waals surface area contributed by atoms with E-state index in [9.17, 15) is 4.79 Å². The summed E-state index contributed by atoms with van der Waals surface area (Å²) in [5.74, 6) is 0.127. The summed E-state index contributed by atoms with van der Waals surface area (Å²) in [5, 5.41) is 0. The molecule has 1 aromatic heterocycles. The summed E-state index contributed by atoms with van der Waals surface area (Å²) in [5.41, 5.74) is 7.39. The van der Waals surface area contributed by atoms with E-state index >= 15 is 0 Å². The number of thiophene rings is 1. The van der Waals surface area contributed by atoms with E-state index in [4.69, 9.17) is 5.73 Å². The zero-order chi connectivity index (χ0) is 14.5. The fourth-order valence-corrected chi connectivity index (χ4v) is 3.49. The predicted octanol–water partition coefficient (Wildman–Crippen LogP) is 3.68. The third-order valence-electron chi connectivity index (χ3n) is 3.02. The van der Waals surface area contributed by atoms with Crippen LogP contribution in [-0.2, 0) is 17.8 Å². The molecule has 1 amide bonds. The van der Waals surface area contributed by atoms with Gasteiger partial charge in [0, 0.05) is 17.1 Å². The molecule has 3 nitrogen and oxygen atoms in total. The van der Waals surface area contributed by atoms with E-state index in [2.05, 4.69) is 15.9 Å². The Balaban J connectivity index is 2.02. The lowest BCUT2D eigenvalue weighted by atomic mass is 10.1. The number of nitrogens with zero attached hydrogens (tertiary/aromatic N) is 1. The van der Waals surface area contributed by atoms with Gasteiger partial charge in [0.1, 0.15) is 0 Å². The van der Waals surface area contributed by atoms with Crippen molar-refractivity contribution >= 4 is 38.9 Å². The summed E-state index contributed by atoms with van der Waals surface area (Å²) < 4.78 is 1.09. The highest BCUT2D eigenvalue weighted by molar-refractivity contribution is 9.11. The second-order valence-corrected chi connectivity index (χ2v) is 7.08. The smallest absolute Gasteiger partial charge is 0.227 e. The number of hydrogen-bond acceptors (Lipinski definition) is 3. The molecule has 20 heavy (non-hydrogen) atoms. The van der Waals surface area contributed by atoms with Crippen molar-refractivity contribution in [1.29, 1.82) is 0 Å². The van der Waals surface area contributed by atoms with Crippen molar-refractivity contribution in [1.82, 2.24) is 4.90 Å². The Labute approximate surface area is 131 Å². The lowest BCUT2D eigenvalue weighted by molar-refractivity contribution is -0.130. The average molecular weight is 353 g/mol. The fourth-order valence-electron chi connectivity index (χ4n) is 1.99. The maximum atomic E-state index is 12.3. The molecule has 0 aliphatic heterocycles. The van der Waals surface area contributed by atoms with Gasteiger partial charge in [0.2, 0.25) is 5.91 Å². The van der Waals surface area contributed by atoms with Crippen LogP contribution in [0.3, 0.4) is 0 Å². The minimum absolute atomic E-state index is 0.127. The zero-order valence-electron chi connectivity index (χ0n) is 11.3. The van der Waals surface area contributed by atoms with Crippen molar-refractivity contribution in [3.05, 3.63) is 50.6 Å². The van der Waals surface area contributed by atoms with Crippen LogP contribution in [-0.4, -0.2) is 17.4 Å². The molecule has 0 aliphatic rings. The van der Waals surface area contributed by atoms with E-state index in [-0.39, 0.29) is 5.91 Å². The highest BCUT2D eigenvalue weighted by atomic mass is 79.9. The van der Waals surface area contributed by atoms with Crippen LogP contribution in [0.1, 0.15) is 17.4 Å². The molecule has 2 aromatic rings. The quantitative estimate of drug-likeness (QED) is 0.834. The van der Waals surface area contributed by atoms with Crippen molar-refractivity contribution in [2.75, 3.05) is 12.3 Å². The number of carbonyl (C=O) groups excluding carboxylic acids is 1. The molecule has 0 aliphatic carbocycles. The van der Waals surface area contributed by atoms with Crippen LogP contribution in [0, 0.1) is 0 Å². The first kappa shape index (κ1) is 15.1. The summed E-state index contributed by atoms with van der Waals surface area (Å²) in [6, 6.07) is 11.6. The lowest BCUT2D eigenvalue weighted by Crippen LogP contribution is -2.31. The number of likely N-dealkylation sites (N-methyl/N-ethyl adjacent to an activating group) is 1. The highest BCUT2D eigenvalue weighted by Crippen LogP contribution is 2.23. The Hall–Kier alpha value is -1.33. The van der Waals surface area contributed by atoms with E-state index in [0.717, 1.165) is 9.35 Å². The van der Waals surface area contributed by atoms with Gasteiger partial charge in [-0.1, -0.05) is 12.1 Å². The lowest BCUT2D eigenvalue weighted by Gasteiger charge is -2.20. The second kappa shape index (κ2) is 6.90. The highest BCUT2D eigenvalue weighted by Gasteiger charge is 2.13. The Morgan fingerprint density at radius 2 is 2.15 bits per heavy atom. The minimum atomic E-state index is 0.127. The van der Waals surface area contributed by atoms with Gasteiger partial charge in [0.15, 0.2) is 0 Å². The molecule has 1 heterocycles. The van der Waals surface area contributed by atoms with Crippen molar-refractivity contribution in [3.8, 4) is 0 Å². The van der Waals surface area contributed by atoms with E-state index in [1.165, 1.54) is 4.88 Å². The van der Waals surface area contributed by atoms with Crippen molar-refractivity contribution < 1.29 is 4.79 Å². The van der Waals surface area contributed by atoms with Gasteiger partial charge in [0.05, 0.1) is 16.8 Å². The number of benzene rings is 1. The maximum Gasteiger partial charge on any atom is 0.227 e. The molecule has 1 aromatic carbocycles. The van der Waals surface area contributed by atoms with Crippen molar-refractivity contribution in [3.63, 3.8) is 0 Å². The second-order valence-electron chi connectivity index (χ2n) is 4.54. The number of hydrogen-bond donors (Lipinski definition) is 1. The Bertz CT molecular complexity index is 597. The number of carbonyl (C=O) groups is 1. The fraction of sp³-hybridized carbons (Fsp3) is 0.267. The molecule has 106 valence electrons. The monoisotopic (exact) mass is 352 g/mol. The van der Waals surface area contributed by atoms with Gasteiger partial charge in [-0.25, -0.2) is 0 Å². The number of nitrogen functional groups attached to an aromatic ring is 1. The number of anilines is 1. The van der Waals surface area contributed by atoms with Crippen LogP contribution in [0.15, 0.2) is 40.2 Å². The number of rotatable bonds is 5. The van der Waals surface area contributed by atoms with E-state index in [1.807, 2.05) is 48.2 Å². The molecular formula is C15H17BrN2OS. The molecule has 0 saturated heterocycles. The molecule has 0 bridgehead atoms. The minimum Gasteiger partial charge on any atom is -0.399 e. The third kappa shape index (κ3) is 4.08. The predicted molar refractivity (Wildman–Crippen MR) is 87.7 cm³/mol. The number of halogens is 1. The molecule has 0 saturated carbocycles. The maximum absolute atomic E-state index is 12.3. The van der Waals surface area contributed by atoms with Crippen LogP contribution in [0.5, 0.6) is 0 Å². The summed E-state index contributed by atoms with van der Waals surface area (Å²) in [6.07, 6.45) is 0.394. The molecular weight excluding hydrogens is 336 g/mol. The zero-order valence-corrected chi connectivity index (χ0v) is 13.7. The van der Waals surface area contributed by atoms with Crippen molar-refractivity contribution in [2.24, 2.45) is 0 Å². The number of nitrogens with two attached hydrogens (primary N) is 1. The van der Waals surface area contributed by atoms with E-state index < -0.39 is 0 Å². The largest absolute Gasteiger partial charge is 0.399 e. The number of amides is 1. The molecule has 0 unspecified atom stereocenters. The summed E-state index contributed by atoms with van der Waals surface area (Å²) >= 11 is 5.10. The van der Waals surface area contributed by atoms with Crippen LogP contribution in [0.2, 0.25) is 0 Å². The summed E-state index contributed by atoms with van der Waals surface area (Å²) in [6.45, 7) is 3.37. The van der Waals surface area contributed by atoms with Crippen molar-refractivity contribution in [2.45, 2.75) is 19.9 Å². The van der Waals surface area contributed by atoms with Gasteiger partial charge in [0.25, 0.3) is 0 Å². The standard InChI is InChI=1S/C15H17BrN2OS/c1-2-18(10-13-6-7-14(16)20-13)15(19)9-11-4-3-5-12(17)8-11/h3-8H,2,9-10,17H2,1H3. The van der Waals surface area contributed by atoms with Gasteiger partial charge in [-0.2, -0.15) is 0 Å². The third-order valence-corrected chi connectivity index (χ3v) is 4.62. The summed E-state index contributed by atoms with van der Waals surface area (Å²) in [7, 11) is 0. The SMILES string of the molecule is CCN(Cc1ccc(Br)s1)C(=O)Cc1cccc(N)c1. The van der Waals surface area contributed by atoms with E-state index in [0.29, 0.717) is 25.2 Å². The molecule has 0 fully saturated rings. The average Bonchev–Trinajstić information content (AvgIpc) is 2.81. The summed E-state index contributed by atoms with van der Waals surface area (Å²) in [4.78, 5) is 15.4. The molecule has 0 radical (unpaired) electrons. The first-order chi connectivity index (χ1) is 9.58. The Morgan fingerprint density at radius 3 is 2.75 bits per heavy atom. The van der Waals surface area contributed by atoms with Gasteiger partial charge < -0.3 is 10.6 Å². The first-order valence-corrected chi connectivity index (χ1v) is 8.06. The Morgan fingerprint density at radius 1 is 1.35 bits per heavy atom. The van der Waals surface area contributed by atoms with Crippen LogP contribution < -0.4 is 5.73 Å². The molecule has 0 atom stereocenters. The molecule has 2 N–H and O–H groups in total. The molecule has 5 heteroatoms. The van der Waals surface area contributed by atoms with Crippen LogP contribution in [0.25, 0.3) is 0 Å². The Kier molecular flexibility index (Phi) is 5.20. The van der Waals surface area contributed by atoms with Gasteiger partial charge in [-0.05, 0) is 52.7 Å². The van der Waals surface area contributed by atoms with Gasteiger partial charge in [-0.15, -0.1) is 11.3 Å². The molecule has 2 rings (SSSR count). The normalized spacial score (nSPS) is 10.5.